The second kappa shape index (κ2) is 10.9. The summed E-state index contributed by atoms with van der Waals surface area (Å²) in [6.07, 6.45) is 8.03. The van der Waals surface area contributed by atoms with Crippen LogP contribution in [0.5, 0.6) is 0 Å². The van der Waals surface area contributed by atoms with Crippen LogP contribution in [0, 0.1) is 6.07 Å². The summed E-state index contributed by atoms with van der Waals surface area (Å²) >= 11 is 0. The van der Waals surface area contributed by atoms with Gasteiger partial charge < -0.3 is 4.98 Å². The van der Waals surface area contributed by atoms with Crippen LogP contribution in [0.4, 0.5) is 0 Å². The SMILES string of the molecule is [Pt+2].[c-]1c(C=c2[n-]c(=Cc3nccc4ccccc34)c3ccc4ccccc4c23)cccc1-c1cc2ccccc2cn1. The van der Waals surface area contributed by atoms with Crippen molar-refractivity contribution in [2.75, 3.05) is 0 Å². The molecule has 0 atom stereocenters. The molecule has 4 heteroatoms. The number of fused-ring (bicyclic) bond motifs is 5. The number of pyridine rings is 2. The molecule has 3 heterocycles. The molecule has 0 bridgehead atoms. The number of rotatable bonds is 3. The first kappa shape index (κ1) is 26.1. The van der Waals surface area contributed by atoms with Gasteiger partial charge in [0.2, 0.25) is 0 Å². The van der Waals surface area contributed by atoms with Gasteiger partial charge in [-0.1, -0.05) is 96.6 Å². The molecule has 0 N–H and O–H groups in total. The summed E-state index contributed by atoms with van der Waals surface area (Å²) in [5, 5.41) is 11.0. The zero-order valence-electron chi connectivity index (χ0n) is 22.4. The fourth-order valence-electron chi connectivity index (χ4n) is 5.71. The quantitative estimate of drug-likeness (QED) is 0.182. The molecule has 0 saturated heterocycles. The van der Waals surface area contributed by atoms with E-state index in [0.717, 1.165) is 65.5 Å². The molecule has 3 nitrogen and oxygen atoms in total. The zero-order valence-corrected chi connectivity index (χ0v) is 24.7. The maximum Gasteiger partial charge on any atom is 2.00 e. The topological polar surface area (TPSA) is 39.9 Å². The second-order valence-electron chi connectivity index (χ2n) is 10.2. The number of hydrogen-bond acceptors (Lipinski definition) is 2. The fraction of sp³-hybridized carbons (Fsp3) is 0. The molecule has 0 saturated carbocycles. The fourth-order valence-corrected chi connectivity index (χ4v) is 5.71. The van der Waals surface area contributed by atoms with Crippen molar-refractivity contribution in [2.45, 2.75) is 0 Å². The molecule has 0 aliphatic carbocycles. The van der Waals surface area contributed by atoms with Gasteiger partial charge in [-0.2, -0.15) is 5.35 Å². The van der Waals surface area contributed by atoms with Crippen molar-refractivity contribution in [3.63, 3.8) is 0 Å². The van der Waals surface area contributed by atoms with Gasteiger partial charge in [0.15, 0.2) is 0 Å². The van der Waals surface area contributed by atoms with Crippen molar-refractivity contribution < 1.29 is 21.1 Å². The van der Waals surface area contributed by atoms with Crippen LogP contribution < -0.4 is 15.7 Å². The van der Waals surface area contributed by atoms with Gasteiger partial charge in [-0.25, -0.2) is 0 Å². The predicted molar refractivity (Wildman–Crippen MR) is 169 cm³/mol. The van der Waals surface area contributed by atoms with E-state index in [1.54, 1.807) is 0 Å². The Morgan fingerprint density at radius 2 is 1.31 bits per heavy atom. The average molecular weight is 717 g/mol. The molecule has 0 amide bonds. The van der Waals surface area contributed by atoms with Gasteiger partial charge in [0.05, 0.1) is 5.69 Å². The van der Waals surface area contributed by atoms with Crippen molar-refractivity contribution >= 4 is 55.2 Å². The first-order chi connectivity index (χ1) is 20.3. The van der Waals surface area contributed by atoms with E-state index in [-0.39, 0.29) is 21.1 Å². The van der Waals surface area contributed by atoms with E-state index in [1.165, 1.54) is 10.8 Å². The number of nitrogens with zero attached hydrogens (tertiary/aromatic N) is 3. The van der Waals surface area contributed by atoms with Gasteiger partial charge in [0.25, 0.3) is 0 Å². The standard InChI is InChI=1S/C38H23N3.Pt/c1-2-12-30-24-40-34(22-28(30)11-1)29-13-7-8-25(20-29)21-37-38-32-15-6-4-9-26(32)16-17-33(38)36(41-37)23-35-31-14-5-3-10-27(31)18-19-39-35;/h1-19,21-24H;/q-2;+2. The van der Waals surface area contributed by atoms with E-state index in [2.05, 4.69) is 121 Å². The Morgan fingerprint density at radius 3 is 2.17 bits per heavy atom. The van der Waals surface area contributed by atoms with E-state index in [1.807, 2.05) is 24.5 Å². The van der Waals surface area contributed by atoms with Gasteiger partial charge in [-0.15, -0.1) is 41.3 Å². The molecule has 3 aromatic heterocycles. The minimum atomic E-state index is 0. The van der Waals surface area contributed by atoms with Crippen LogP contribution in [0.2, 0.25) is 0 Å². The largest absolute Gasteiger partial charge is 2.00 e. The summed E-state index contributed by atoms with van der Waals surface area (Å²) in [6.45, 7) is 0. The van der Waals surface area contributed by atoms with Crippen LogP contribution in [-0.2, 0) is 21.1 Å². The van der Waals surface area contributed by atoms with Crippen molar-refractivity contribution in [2.24, 2.45) is 0 Å². The molecular formula is C38H23N3Pt. The maximum atomic E-state index is 5.19. The van der Waals surface area contributed by atoms with Crippen LogP contribution in [0.25, 0.3) is 66.5 Å². The summed E-state index contributed by atoms with van der Waals surface area (Å²) in [5.74, 6) is 0. The van der Waals surface area contributed by atoms with Crippen LogP contribution in [0.3, 0.4) is 0 Å². The Bertz CT molecular complexity index is 2380. The third kappa shape index (κ3) is 4.62. The van der Waals surface area contributed by atoms with E-state index < -0.39 is 0 Å². The minimum absolute atomic E-state index is 0. The molecule has 8 aromatic rings. The summed E-state index contributed by atoms with van der Waals surface area (Å²) < 4.78 is 0. The first-order valence-corrected chi connectivity index (χ1v) is 13.7. The zero-order chi connectivity index (χ0) is 27.2. The monoisotopic (exact) mass is 716 g/mol. The van der Waals surface area contributed by atoms with Gasteiger partial charge in [-0.05, 0) is 49.8 Å². The average Bonchev–Trinajstić information content (AvgIpc) is 3.38. The number of benzene rings is 5. The number of hydrogen-bond donors (Lipinski definition) is 0. The molecule has 0 aliphatic rings. The number of aromatic nitrogens is 3. The summed E-state index contributed by atoms with van der Waals surface area (Å²) in [5.41, 5.74) is 3.73. The first-order valence-electron chi connectivity index (χ1n) is 13.7. The molecule has 0 aliphatic heterocycles. The van der Waals surface area contributed by atoms with Crippen LogP contribution in [-0.4, -0.2) is 9.97 Å². The van der Waals surface area contributed by atoms with E-state index in [4.69, 9.17) is 15.0 Å². The molecular weight excluding hydrogens is 694 g/mol. The van der Waals surface area contributed by atoms with Gasteiger partial charge >= 0.3 is 21.1 Å². The van der Waals surface area contributed by atoms with Crippen molar-refractivity contribution in [3.8, 4) is 11.3 Å². The second-order valence-corrected chi connectivity index (χ2v) is 10.2. The molecule has 0 fully saturated rings. The molecule has 42 heavy (non-hydrogen) atoms. The Kier molecular flexibility index (Phi) is 6.74. The van der Waals surface area contributed by atoms with E-state index in [0.29, 0.717) is 0 Å². The molecule has 0 spiro atoms. The summed E-state index contributed by atoms with van der Waals surface area (Å²) in [6, 6.07) is 43.4. The van der Waals surface area contributed by atoms with Crippen LogP contribution in [0.15, 0.2) is 128 Å². The Labute approximate surface area is 257 Å². The van der Waals surface area contributed by atoms with Crippen LogP contribution in [0.1, 0.15) is 11.3 Å². The Hall–Kier alpha value is -4.85. The van der Waals surface area contributed by atoms with E-state index in [9.17, 15) is 0 Å². The van der Waals surface area contributed by atoms with E-state index >= 15 is 0 Å². The molecule has 200 valence electrons. The van der Waals surface area contributed by atoms with Crippen LogP contribution >= 0.6 is 0 Å². The smallest absolute Gasteiger partial charge is 0.663 e. The normalized spacial score (nSPS) is 12.4. The predicted octanol–water partition coefficient (Wildman–Crippen LogP) is 7.17. The minimum Gasteiger partial charge on any atom is -0.663 e. The van der Waals surface area contributed by atoms with Crippen molar-refractivity contribution in [1.82, 2.24) is 15.0 Å². The molecule has 5 aromatic carbocycles. The molecule has 0 unspecified atom stereocenters. The molecule has 8 rings (SSSR count). The maximum absolute atomic E-state index is 5.19. The van der Waals surface area contributed by atoms with Gasteiger partial charge in [-0.3, -0.25) is 9.97 Å². The van der Waals surface area contributed by atoms with Crippen molar-refractivity contribution in [3.05, 3.63) is 156 Å². The summed E-state index contributed by atoms with van der Waals surface area (Å²) in [4.78, 5) is 14.6. The summed E-state index contributed by atoms with van der Waals surface area (Å²) in [7, 11) is 0. The van der Waals surface area contributed by atoms with Crippen molar-refractivity contribution in [1.29, 1.82) is 0 Å². The van der Waals surface area contributed by atoms with Gasteiger partial charge in [0, 0.05) is 23.5 Å². The Morgan fingerprint density at radius 1 is 0.571 bits per heavy atom. The third-order valence-corrected chi connectivity index (χ3v) is 7.70. The Balaban J connectivity index is 0.00000288. The third-order valence-electron chi connectivity index (χ3n) is 7.70. The van der Waals surface area contributed by atoms with Gasteiger partial charge in [0.1, 0.15) is 0 Å². The molecule has 0 radical (unpaired) electrons.